The SMILES string of the molecule is NS(=O)(=O)Cc1ccc(CCNc2ncnc3[nH]ccc23)cc1. The molecular formula is C15H17N5O2S. The van der Waals surface area contributed by atoms with Gasteiger partial charge in [-0.25, -0.2) is 23.5 Å². The number of aromatic nitrogens is 3. The van der Waals surface area contributed by atoms with Crippen LogP contribution in [0.4, 0.5) is 5.82 Å². The first-order valence-electron chi connectivity index (χ1n) is 7.11. The van der Waals surface area contributed by atoms with Gasteiger partial charge < -0.3 is 10.3 Å². The van der Waals surface area contributed by atoms with Crippen LogP contribution in [0.3, 0.4) is 0 Å². The molecule has 0 aliphatic rings. The van der Waals surface area contributed by atoms with E-state index < -0.39 is 10.0 Å². The summed E-state index contributed by atoms with van der Waals surface area (Å²) in [5.74, 6) is 0.653. The Morgan fingerprint density at radius 2 is 1.83 bits per heavy atom. The fourth-order valence-corrected chi connectivity index (χ4v) is 3.03. The first-order chi connectivity index (χ1) is 11.0. The number of benzene rings is 1. The summed E-state index contributed by atoms with van der Waals surface area (Å²) < 4.78 is 22.1. The van der Waals surface area contributed by atoms with E-state index in [-0.39, 0.29) is 5.75 Å². The number of nitrogens with two attached hydrogens (primary N) is 1. The van der Waals surface area contributed by atoms with Crippen LogP contribution in [0.2, 0.25) is 0 Å². The number of primary sulfonamides is 1. The molecule has 0 saturated heterocycles. The van der Waals surface area contributed by atoms with Gasteiger partial charge in [0.15, 0.2) is 0 Å². The van der Waals surface area contributed by atoms with E-state index in [1.165, 1.54) is 6.33 Å². The predicted octanol–water partition coefficient (Wildman–Crippen LogP) is 1.40. The van der Waals surface area contributed by atoms with Crippen molar-refractivity contribution in [3.8, 4) is 0 Å². The van der Waals surface area contributed by atoms with Gasteiger partial charge in [-0.05, 0) is 23.6 Å². The minimum absolute atomic E-state index is 0.141. The molecule has 2 aromatic heterocycles. The first-order valence-corrected chi connectivity index (χ1v) is 8.83. The third-order valence-corrected chi connectivity index (χ3v) is 4.19. The Bertz CT molecular complexity index is 903. The average molecular weight is 331 g/mol. The summed E-state index contributed by atoms with van der Waals surface area (Å²) in [6.45, 7) is 0.714. The minimum Gasteiger partial charge on any atom is -0.369 e. The van der Waals surface area contributed by atoms with Crippen LogP contribution in [0, 0.1) is 0 Å². The molecule has 0 bridgehead atoms. The molecule has 0 fully saturated rings. The second-order valence-electron chi connectivity index (χ2n) is 5.26. The summed E-state index contributed by atoms with van der Waals surface area (Å²) in [4.78, 5) is 11.4. The number of nitrogens with one attached hydrogen (secondary N) is 2. The molecule has 8 heteroatoms. The highest BCUT2D eigenvalue weighted by Crippen LogP contribution is 2.17. The molecule has 0 unspecified atom stereocenters. The van der Waals surface area contributed by atoms with Crippen molar-refractivity contribution in [1.82, 2.24) is 15.0 Å². The highest BCUT2D eigenvalue weighted by atomic mass is 32.2. The van der Waals surface area contributed by atoms with Gasteiger partial charge in [0.2, 0.25) is 10.0 Å². The molecule has 3 rings (SSSR count). The number of anilines is 1. The number of nitrogens with zero attached hydrogens (tertiary/aromatic N) is 2. The quantitative estimate of drug-likeness (QED) is 0.632. The summed E-state index contributed by atoms with van der Waals surface area (Å²) in [7, 11) is -3.49. The van der Waals surface area contributed by atoms with E-state index in [1.54, 1.807) is 12.1 Å². The molecule has 2 heterocycles. The largest absolute Gasteiger partial charge is 0.369 e. The maximum atomic E-state index is 11.1. The molecular weight excluding hydrogens is 314 g/mol. The summed E-state index contributed by atoms with van der Waals surface area (Å²) in [6.07, 6.45) is 4.14. The molecule has 0 amide bonds. The summed E-state index contributed by atoms with van der Waals surface area (Å²) in [5, 5.41) is 9.28. The van der Waals surface area contributed by atoms with E-state index in [0.29, 0.717) is 12.1 Å². The fourth-order valence-electron chi connectivity index (χ4n) is 2.37. The van der Waals surface area contributed by atoms with E-state index in [2.05, 4.69) is 20.3 Å². The van der Waals surface area contributed by atoms with Crippen LogP contribution in [0.25, 0.3) is 11.0 Å². The second kappa shape index (κ2) is 6.35. The lowest BCUT2D eigenvalue weighted by Crippen LogP contribution is -2.14. The Kier molecular flexibility index (Phi) is 4.26. The molecule has 0 spiro atoms. The normalized spacial score (nSPS) is 11.7. The maximum absolute atomic E-state index is 11.1. The maximum Gasteiger partial charge on any atom is 0.213 e. The van der Waals surface area contributed by atoms with E-state index in [0.717, 1.165) is 28.8 Å². The topological polar surface area (TPSA) is 114 Å². The monoisotopic (exact) mass is 331 g/mol. The third-order valence-electron chi connectivity index (χ3n) is 3.45. The average Bonchev–Trinajstić information content (AvgIpc) is 2.97. The Morgan fingerprint density at radius 1 is 1.09 bits per heavy atom. The molecule has 0 atom stereocenters. The molecule has 1 aromatic carbocycles. The molecule has 4 N–H and O–H groups in total. The van der Waals surface area contributed by atoms with Crippen molar-refractivity contribution in [3.05, 3.63) is 54.0 Å². The van der Waals surface area contributed by atoms with Gasteiger partial charge in [0, 0.05) is 12.7 Å². The Morgan fingerprint density at radius 3 is 2.57 bits per heavy atom. The van der Waals surface area contributed by atoms with E-state index in [1.807, 2.05) is 24.4 Å². The minimum atomic E-state index is -3.49. The van der Waals surface area contributed by atoms with Gasteiger partial charge in [0.25, 0.3) is 0 Å². The van der Waals surface area contributed by atoms with Gasteiger partial charge in [-0.1, -0.05) is 24.3 Å². The van der Waals surface area contributed by atoms with Crippen LogP contribution in [0.15, 0.2) is 42.9 Å². The molecule has 0 aliphatic heterocycles. The van der Waals surface area contributed by atoms with Crippen LogP contribution in [0.1, 0.15) is 11.1 Å². The van der Waals surface area contributed by atoms with Crippen molar-refractivity contribution in [2.45, 2.75) is 12.2 Å². The lowest BCUT2D eigenvalue weighted by atomic mass is 10.1. The lowest BCUT2D eigenvalue weighted by Gasteiger charge is -2.07. The standard InChI is InChI=1S/C15H17N5O2S/c16-23(21,22)9-12-3-1-11(2-4-12)5-7-17-14-13-6-8-18-15(13)20-10-19-14/h1-4,6,8,10H,5,7,9H2,(H2,16,21,22)(H2,17,18,19,20). The highest BCUT2D eigenvalue weighted by Gasteiger charge is 2.06. The number of hydrogen-bond donors (Lipinski definition) is 3. The van der Waals surface area contributed by atoms with E-state index >= 15 is 0 Å². The summed E-state index contributed by atoms with van der Waals surface area (Å²) in [6, 6.07) is 9.32. The zero-order valence-electron chi connectivity index (χ0n) is 12.4. The van der Waals surface area contributed by atoms with Crippen molar-refractivity contribution >= 4 is 26.9 Å². The van der Waals surface area contributed by atoms with Crippen molar-refractivity contribution in [2.24, 2.45) is 5.14 Å². The lowest BCUT2D eigenvalue weighted by molar-refractivity contribution is 0.597. The molecule has 7 nitrogen and oxygen atoms in total. The summed E-state index contributed by atoms with van der Waals surface area (Å²) >= 11 is 0. The Hall–Kier alpha value is -2.45. The number of aromatic amines is 1. The second-order valence-corrected chi connectivity index (χ2v) is 6.88. The molecule has 120 valence electrons. The zero-order valence-corrected chi connectivity index (χ0v) is 13.2. The number of H-pyrrole nitrogens is 1. The van der Waals surface area contributed by atoms with Crippen LogP contribution in [0.5, 0.6) is 0 Å². The molecule has 0 saturated carbocycles. The summed E-state index contributed by atoms with van der Waals surface area (Å²) in [5.41, 5.74) is 2.60. The zero-order chi connectivity index (χ0) is 16.3. The van der Waals surface area contributed by atoms with Gasteiger partial charge in [0.1, 0.15) is 17.8 Å². The molecule has 23 heavy (non-hydrogen) atoms. The van der Waals surface area contributed by atoms with Crippen LogP contribution >= 0.6 is 0 Å². The Labute approximate surface area is 134 Å². The molecule has 0 aliphatic carbocycles. The third kappa shape index (κ3) is 4.05. The molecule has 3 aromatic rings. The predicted molar refractivity (Wildman–Crippen MR) is 89.3 cm³/mol. The van der Waals surface area contributed by atoms with Crippen molar-refractivity contribution < 1.29 is 8.42 Å². The number of rotatable bonds is 6. The van der Waals surface area contributed by atoms with E-state index in [4.69, 9.17) is 5.14 Å². The number of hydrogen-bond acceptors (Lipinski definition) is 5. The van der Waals surface area contributed by atoms with Crippen LogP contribution in [-0.2, 0) is 22.2 Å². The van der Waals surface area contributed by atoms with Crippen molar-refractivity contribution in [1.29, 1.82) is 0 Å². The van der Waals surface area contributed by atoms with Gasteiger partial charge in [-0.15, -0.1) is 0 Å². The highest BCUT2D eigenvalue weighted by molar-refractivity contribution is 7.88. The van der Waals surface area contributed by atoms with Gasteiger partial charge in [0.05, 0.1) is 11.1 Å². The smallest absolute Gasteiger partial charge is 0.213 e. The first kappa shape index (κ1) is 15.4. The van der Waals surface area contributed by atoms with Crippen LogP contribution < -0.4 is 10.5 Å². The van der Waals surface area contributed by atoms with Gasteiger partial charge in [-0.2, -0.15) is 0 Å². The molecule has 0 radical (unpaired) electrons. The van der Waals surface area contributed by atoms with Crippen LogP contribution in [-0.4, -0.2) is 29.9 Å². The van der Waals surface area contributed by atoms with Gasteiger partial charge in [-0.3, -0.25) is 0 Å². The number of fused-ring (bicyclic) bond motifs is 1. The van der Waals surface area contributed by atoms with E-state index in [9.17, 15) is 8.42 Å². The Balaban J connectivity index is 1.59. The fraction of sp³-hybridized carbons (Fsp3) is 0.200. The van der Waals surface area contributed by atoms with Crippen molar-refractivity contribution in [2.75, 3.05) is 11.9 Å². The van der Waals surface area contributed by atoms with Crippen molar-refractivity contribution in [3.63, 3.8) is 0 Å². The number of sulfonamides is 1. The van der Waals surface area contributed by atoms with Gasteiger partial charge >= 0.3 is 0 Å².